The fourth-order valence-corrected chi connectivity index (χ4v) is 4.58. The maximum atomic E-state index is 13.9. The molecule has 35 heavy (non-hydrogen) atoms. The molecule has 0 N–H and O–H groups in total. The van der Waals surface area contributed by atoms with E-state index in [0.29, 0.717) is 42.6 Å². The topological polar surface area (TPSA) is 88.7 Å². The Labute approximate surface area is 202 Å². The normalized spacial score (nSPS) is 16.3. The van der Waals surface area contributed by atoms with E-state index in [0.717, 1.165) is 17.0 Å². The summed E-state index contributed by atoms with van der Waals surface area (Å²) in [5.41, 5.74) is 3.33. The van der Waals surface area contributed by atoms with Crippen molar-refractivity contribution in [3.63, 3.8) is 0 Å². The second-order valence-electron chi connectivity index (χ2n) is 8.28. The van der Waals surface area contributed by atoms with E-state index in [1.807, 2.05) is 73.7 Å². The number of aromatic nitrogens is 4. The van der Waals surface area contributed by atoms with Crippen molar-refractivity contribution in [1.82, 2.24) is 25.1 Å². The molecule has 6 rings (SSSR count). The first-order valence-electron chi connectivity index (χ1n) is 11.6. The van der Waals surface area contributed by atoms with E-state index < -0.39 is 6.04 Å². The van der Waals surface area contributed by atoms with Crippen LogP contribution < -0.4 is 9.64 Å². The smallest absolute Gasteiger partial charge is 0.331 e. The highest BCUT2D eigenvalue weighted by molar-refractivity contribution is 6.24. The van der Waals surface area contributed by atoms with Crippen LogP contribution in [0, 0.1) is 0 Å². The van der Waals surface area contributed by atoms with Gasteiger partial charge in [-0.2, -0.15) is 4.68 Å². The molecule has 0 spiro atoms. The molecule has 9 heteroatoms. The second-order valence-corrected chi connectivity index (χ2v) is 8.28. The van der Waals surface area contributed by atoms with Gasteiger partial charge in [0.2, 0.25) is 0 Å². The number of anilines is 1. The minimum atomic E-state index is -0.528. The van der Waals surface area contributed by atoms with Crippen LogP contribution in [0.15, 0.2) is 83.9 Å². The van der Waals surface area contributed by atoms with Gasteiger partial charge in [-0.3, -0.25) is 0 Å². The number of amidine groups is 1. The Morgan fingerprint density at radius 3 is 2.51 bits per heavy atom. The molecule has 0 bridgehead atoms. The number of tetrazole rings is 1. The zero-order valence-electron chi connectivity index (χ0n) is 19.2. The van der Waals surface area contributed by atoms with Gasteiger partial charge in [0.1, 0.15) is 11.6 Å². The Hall–Kier alpha value is -4.53. The zero-order chi connectivity index (χ0) is 23.8. The van der Waals surface area contributed by atoms with E-state index >= 15 is 0 Å². The van der Waals surface area contributed by atoms with Crippen LogP contribution in [0.25, 0.3) is 5.69 Å². The molecule has 1 atom stereocenters. The van der Waals surface area contributed by atoms with Crippen LogP contribution in [0.2, 0.25) is 0 Å². The maximum absolute atomic E-state index is 13.9. The average Bonchev–Trinajstić information content (AvgIpc) is 3.43. The third-order valence-electron chi connectivity index (χ3n) is 6.20. The number of ether oxygens (including phenoxy) is 1. The van der Waals surface area contributed by atoms with Gasteiger partial charge < -0.3 is 9.64 Å². The third kappa shape index (κ3) is 3.61. The Kier molecular flexibility index (Phi) is 5.21. The van der Waals surface area contributed by atoms with Crippen molar-refractivity contribution in [2.75, 3.05) is 18.1 Å². The minimum absolute atomic E-state index is 0.164. The molecule has 0 saturated carbocycles. The predicted molar refractivity (Wildman–Crippen MR) is 131 cm³/mol. The van der Waals surface area contributed by atoms with Crippen LogP contribution in [-0.4, -0.2) is 50.1 Å². The maximum Gasteiger partial charge on any atom is 0.331 e. The van der Waals surface area contributed by atoms with Crippen molar-refractivity contribution < 1.29 is 9.53 Å². The number of para-hydroxylation sites is 2. The highest BCUT2D eigenvalue weighted by Gasteiger charge is 2.48. The van der Waals surface area contributed by atoms with Crippen molar-refractivity contribution >= 4 is 23.2 Å². The lowest BCUT2D eigenvalue weighted by Gasteiger charge is -2.21. The van der Waals surface area contributed by atoms with E-state index in [9.17, 15) is 4.79 Å². The van der Waals surface area contributed by atoms with Gasteiger partial charge in [0, 0.05) is 6.54 Å². The van der Waals surface area contributed by atoms with Gasteiger partial charge in [-0.15, -0.1) is 5.10 Å². The van der Waals surface area contributed by atoms with Gasteiger partial charge in [0.05, 0.1) is 23.7 Å². The molecule has 1 fully saturated rings. The van der Waals surface area contributed by atoms with Crippen LogP contribution >= 0.6 is 0 Å². The Morgan fingerprint density at radius 2 is 1.71 bits per heavy atom. The van der Waals surface area contributed by atoms with E-state index in [1.165, 1.54) is 0 Å². The summed E-state index contributed by atoms with van der Waals surface area (Å²) >= 11 is 0. The zero-order valence-corrected chi connectivity index (χ0v) is 19.2. The van der Waals surface area contributed by atoms with Gasteiger partial charge in [-0.05, 0) is 65.7 Å². The van der Waals surface area contributed by atoms with Crippen molar-refractivity contribution in [2.24, 2.45) is 4.99 Å². The van der Waals surface area contributed by atoms with Crippen molar-refractivity contribution in [3.05, 3.63) is 90.3 Å². The van der Waals surface area contributed by atoms with Gasteiger partial charge in [0.15, 0.2) is 11.9 Å². The number of amides is 2. The SMILES string of the molecule is CCOc1ccc(N2C(=O)N(CCc3ccccc3)C3C2=Nc2ccccc2-n2nnnc23)cc1. The minimum Gasteiger partial charge on any atom is -0.494 e. The van der Waals surface area contributed by atoms with Crippen LogP contribution in [0.3, 0.4) is 0 Å². The van der Waals surface area contributed by atoms with Crippen molar-refractivity contribution in [1.29, 1.82) is 0 Å². The molecule has 3 aromatic carbocycles. The summed E-state index contributed by atoms with van der Waals surface area (Å²) in [5.74, 6) is 1.88. The van der Waals surface area contributed by atoms with Crippen molar-refractivity contribution in [3.8, 4) is 11.4 Å². The van der Waals surface area contributed by atoms with E-state index in [4.69, 9.17) is 9.73 Å². The summed E-state index contributed by atoms with van der Waals surface area (Å²) in [5, 5.41) is 12.5. The third-order valence-corrected chi connectivity index (χ3v) is 6.20. The number of carbonyl (C=O) groups excluding carboxylic acids is 1. The number of aliphatic imine (C=N–C) groups is 1. The quantitative estimate of drug-likeness (QED) is 0.423. The number of benzene rings is 3. The summed E-state index contributed by atoms with van der Waals surface area (Å²) in [7, 11) is 0. The molecule has 2 amide bonds. The van der Waals surface area contributed by atoms with Gasteiger partial charge in [0.25, 0.3) is 0 Å². The molecular weight excluding hydrogens is 442 g/mol. The van der Waals surface area contributed by atoms with Gasteiger partial charge >= 0.3 is 6.03 Å². The molecule has 1 unspecified atom stereocenters. The van der Waals surface area contributed by atoms with E-state index in [-0.39, 0.29) is 6.03 Å². The Balaban J connectivity index is 1.47. The number of rotatable bonds is 6. The lowest BCUT2D eigenvalue weighted by atomic mass is 10.1. The van der Waals surface area contributed by atoms with Gasteiger partial charge in [-0.1, -0.05) is 42.5 Å². The first-order chi connectivity index (χ1) is 17.2. The summed E-state index contributed by atoms with van der Waals surface area (Å²) in [4.78, 5) is 22.4. The number of fused-ring (bicyclic) bond motifs is 5. The van der Waals surface area contributed by atoms with Crippen LogP contribution in [0.5, 0.6) is 5.75 Å². The number of hydrogen-bond acceptors (Lipinski definition) is 6. The van der Waals surface area contributed by atoms with E-state index in [2.05, 4.69) is 27.7 Å². The number of urea groups is 1. The number of hydrogen-bond donors (Lipinski definition) is 0. The van der Waals surface area contributed by atoms with Gasteiger partial charge in [-0.25, -0.2) is 14.7 Å². The fourth-order valence-electron chi connectivity index (χ4n) is 4.58. The summed E-state index contributed by atoms with van der Waals surface area (Å²) in [6, 6.07) is 24.6. The molecule has 0 radical (unpaired) electrons. The lowest BCUT2D eigenvalue weighted by Crippen LogP contribution is -2.34. The van der Waals surface area contributed by atoms with E-state index in [1.54, 1.807) is 14.5 Å². The number of carbonyl (C=O) groups is 1. The number of nitrogens with zero attached hydrogens (tertiary/aromatic N) is 7. The highest BCUT2D eigenvalue weighted by Crippen LogP contribution is 2.40. The molecule has 2 aliphatic rings. The first-order valence-corrected chi connectivity index (χ1v) is 11.6. The van der Waals surface area contributed by atoms with Crippen LogP contribution in [0.1, 0.15) is 24.4 Å². The molecule has 0 aliphatic carbocycles. The predicted octanol–water partition coefficient (Wildman–Crippen LogP) is 4.33. The summed E-state index contributed by atoms with van der Waals surface area (Å²) in [6.07, 6.45) is 0.696. The first kappa shape index (κ1) is 21.0. The summed E-state index contributed by atoms with van der Waals surface area (Å²) in [6.45, 7) is 3.00. The average molecular weight is 466 g/mol. The van der Waals surface area contributed by atoms with Crippen LogP contribution in [0.4, 0.5) is 16.2 Å². The molecule has 9 nitrogen and oxygen atoms in total. The lowest BCUT2D eigenvalue weighted by molar-refractivity contribution is 0.207. The molecule has 174 valence electrons. The monoisotopic (exact) mass is 465 g/mol. The summed E-state index contributed by atoms with van der Waals surface area (Å²) < 4.78 is 7.28. The molecule has 1 aromatic heterocycles. The Morgan fingerprint density at radius 1 is 0.943 bits per heavy atom. The molecule has 2 aliphatic heterocycles. The molecule has 4 aromatic rings. The Bertz CT molecular complexity index is 1400. The standard InChI is InChI=1S/C26H23N7O2/c1-2-35-20-14-12-19(13-15-20)32-24-23(31(26(32)34)17-16-18-8-4-3-5-9-18)25-28-29-30-33(25)22-11-7-6-10-21(22)27-24/h3-15,23H,2,16-17H2,1H3. The van der Waals surface area contributed by atoms with Crippen LogP contribution in [-0.2, 0) is 6.42 Å². The van der Waals surface area contributed by atoms with Crippen molar-refractivity contribution in [2.45, 2.75) is 19.4 Å². The molecular formula is C26H23N7O2. The highest BCUT2D eigenvalue weighted by atomic mass is 16.5. The second kappa shape index (κ2) is 8.68. The molecule has 1 saturated heterocycles. The fraction of sp³-hybridized carbons (Fsp3) is 0.192. The molecule has 3 heterocycles. The largest absolute Gasteiger partial charge is 0.494 e.